The number of hydrogen-bond acceptors (Lipinski definition) is 5. The molecular weight excluding hydrogens is 254 g/mol. The lowest BCUT2D eigenvalue weighted by Gasteiger charge is -2.15. The van der Waals surface area contributed by atoms with E-state index in [-0.39, 0.29) is 0 Å². The molecule has 0 amide bonds. The Labute approximate surface area is 120 Å². The molecule has 0 unspecified atom stereocenters. The lowest BCUT2D eigenvalue weighted by molar-refractivity contribution is 0.0616. The number of methoxy groups -OCH3 is 1. The average Bonchev–Trinajstić information content (AvgIpc) is 2.88. The molecule has 0 atom stereocenters. The van der Waals surface area contributed by atoms with Gasteiger partial charge in [0.25, 0.3) is 0 Å². The van der Waals surface area contributed by atoms with Gasteiger partial charge < -0.3 is 19.7 Å². The van der Waals surface area contributed by atoms with Gasteiger partial charge in [-0.25, -0.2) is 0 Å². The Kier molecular flexibility index (Phi) is 5.83. The molecule has 0 aromatic heterocycles. The number of nitrogens with one attached hydrogen (secondary N) is 1. The van der Waals surface area contributed by atoms with E-state index in [1.807, 2.05) is 0 Å². The van der Waals surface area contributed by atoms with Gasteiger partial charge in [0, 0.05) is 27.2 Å². The number of rotatable bonds is 7. The van der Waals surface area contributed by atoms with Crippen molar-refractivity contribution in [2.24, 2.45) is 4.99 Å². The molecule has 5 heteroatoms. The van der Waals surface area contributed by atoms with E-state index in [4.69, 9.17) is 9.47 Å². The van der Waals surface area contributed by atoms with E-state index < -0.39 is 0 Å². The van der Waals surface area contributed by atoms with Crippen LogP contribution in [0.2, 0.25) is 0 Å². The van der Waals surface area contributed by atoms with Crippen LogP contribution >= 0.6 is 0 Å². The van der Waals surface area contributed by atoms with E-state index in [0.717, 1.165) is 25.6 Å². The van der Waals surface area contributed by atoms with Crippen LogP contribution < -0.4 is 5.32 Å². The third-order valence-corrected chi connectivity index (χ3v) is 3.23. The molecule has 0 aliphatic carbocycles. The Morgan fingerprint density at radius 1 is 1.20 bits per heavy atom. The van der Waals surface area contributed by atoms with Crippen molar-refractivity contribution in [3.8, 4) is 0 Å². The maximum atomic E-state index is 5.49. The van der Waals surface area contributed by atoms with Crippen LogP contribution in [0.25, 0.3) is 0 Å². The van der Waals surface area contributed by atoms with Crippen molar-refractivity contribution >= 4 is 5.96 Å². The smallest absolute Gasteiger partial charge is 0.194 e. The highest BCUT2D eigenvalue weighted by molar-refractivity contribution is 5.81. The van der Waals surface area contributed by atoms with Crippen LogP contribution in [0.3, 0.4) is 0 Å². The summed E-state index contributed by atoms with van der Waals surface area (Å²) in [6, 6.07) is 8.45. The third kappa shape index (κ3) is 4.51. The minimum absolute atomic E-state index is 0.631. The molecule has 1 aliphatic heterocycles. The monoisotopic (exact) mass is 277 g/mol. The number of ether oxygens (including phenoxy) is 2. The number of guanidine groups is 1. The first kappa shape index (κ1) is 14.8. The molecule has 1 aromatic carbocycles. The largest absolute Gasteiger partial charge is 0.382 e. The Hall–Kier alpha value is -1.59. The van der Waals surface area contributed by atoms with Crippen molar-refractivity contribution in [1.29, 1.82) is 0 Å². The van der Waals surface area contributed by atoms with Gasteiger partial charge in [-0.15, -0.1) is 0 Å². The van der Waals surface area contributed by atoms with E-state index in [0.29, 0.717) is 19.8 Å². The predicted molar refractivity (Wildman–Crippen MR) is 79.7 cm³/mol. The van der Waals surface area contributed by atoms with Crippen LogP contribution in [0.5, 0.6) is 0 Å². The molecule has 0 saturated heterocycles. The van der Waals surface area contributed by atoms with Crippen LogP contribution in [0, 0.1) is 0 Å². The summed E-state index contributed by atoms with van der Waals surface area (Å²) in [5, 5.41) is 3.36. The highest BCUT2D eigenvalue weighted by Gasteiger charge is 2.10. The van der Waals surface area contributed by atoms with Crippen LogP contribution in [0.15, 0.2) is 29.3 Å². The molecule has 1 heterocycles. The predicted octanol–water partition coefficient (Wildman–Crippen LogP) is 1.24. The molecule has 0 saturated carbocycles. The van der Waals surface area contributed by atoms with Crippen molar-refractivity contribution in [1.82, 2.24) is 10.2 Å². The second kappa shape index (κ2) is 7.87. The van der Waals surface area contributed by atoms with E-state index in [1.165, 1.54) is 11.1 Å². The van der Waals surface area contributed by atoms with Gasteiger partial charge in [0.1, 0.15) is 0 Å². The van der Waals surface area contributed by atoms with Crippen LogP contribution in [-0.2, 0) is 22.6 Å². The molecule has 0 fully saturated rings. The summed E-state index contributed by atoms with van der Waals surface area (Å²) in [7, 11) is 3.73. The first-order valence-electron chi connectivity index (χ1n) is 6.93. The number of aliphatic imine (C=N–C) groups is 1. The van der Waals surface area contributed by atoms with Crippen LogP contribution in [0.1, 0.15) is 11.1 Å². The lowest BCUT2D eigenvalue weighted by Crippen LogP contribution is -2.35. The van der Waals surface area contributed by atoms with Gasteiger partial charge in [0.05, 0.1) is 26.4 Å². The maximum absolute atomic E-state index is 5.49. The summed E-state index contributed by atoms with van der Waals surface area (Å²) in [6.45, 7) is 4.58. The third-order valence-electron chi connectivity index (χ3n) is 3.23. The molecule has 0 spiro atoms. The van der Waals surface area contributed by atoms with Crippen molar-refractivity contribution in [3.05, 3.63) is 35.4 Å². The minimum atomic E-state index is 0.631. The fourth-order valence-corrected chi connectivity index (χ4v) is 1.99. The van der Waals surface area contributed by atoms with E-state index in [1.54, 1.807) is 7.11 Å². The number of hydrogen-bond donors (Lipinski definition) is 1. The summed E-state index contributed by atoms with van der Waals surface area (Å²) in [4.78, 5) is 6.54. The molecule has 2 rings (SSSR count). The van der Waals surface area contributed by atoms with Crippen LogP contribution in [0.4, 0.5) is 0 Å². The topological polar surface area (TPSA) is 46.1 Å². The fraction of sp³-hybridized carbons (Fsp3) is 0.533. The Morgan fingerprint density at radius 3 is 2.60 bits per heavy atom. The number of likely N-dealkylation sites (N-methyl/N-ethyl adjacent to an activating group) is 1. The zero-order chi connectivity index (χ0) is 14.2. The van der Waals surface area contributed by atoms with Gasteiger partial charge >= 0.3 is 0 Å². The quantitative estimate of drug-likeness (QED) is 0.762. The first-order valence-corrected chi connectivity index (χ1v) is 6.93. The first-order chi connectivity index (χ1) is 9.79. The van der Waals surface area contributed by atoms with Gasteiger partial charge in [0.15, 0.2) is 5.96 Å². The molecule has 5 nitrogen and oxygen atoms in total. The Morgan fingerprint density at radius 2 is 1.95 bits per heavy atom. The molecule has 0 radical (unpaired) electrons. The van der Waals surface area contributed by atoms with Gasteiger partial charge in [0.2, 0.25) is 0 Å². The summed E-state index contributed by atoms with van der Waals surface area (Å²) >= 11 is 0. The molecule has 1 aliphatic rings. The molecule has 0 bridgehead atoms. The van der Waals surface area contributed by atoms with E-state index >= 15 is 0 Å². The summed E-state index contributed by atoms with van der Waals surface area (Å²) in [5.41, 5.74) is 2.42. The van der Waals surface area contributed by atoms with Crippen LogP contribution in [-0.4, -0.2) is 51.3 Å². The molecule has 1 N–H and O–H groups in total. The zero-order valence-corrected chi connectivity index (χ0v) is 12.3. The van der Waals surface area contributed by atoms with Crippen molar-refractivity contribution in [2.75, 3.05) is 40.5 Å². The van der Waals surface area contributed by atoms with E-state index in [9.17, 15) is 0 Å². The second-order valence-electron chi connectivity index (χ2n) is 4.84. The highest BCUT2D eigenvalue weighted by atomic mass is 16.5. The normalized spacial score (nSPS) is 14.5. The Bertz CT molecular complexity index is 431. The number of benzene rings is 1. The fourth-order valence-electron chi connectivity index (χ4n) is 1.99. The van der Waals surface area contributed by atoms with Crippen molar-refractivity contribution in [3.63, 3.8) is 0 Å². The van der Waals surface area contributed by atoms with Crippen molar-refractivity contribution < 1.29 is 9.47 Å². The Balaban J connectivity index is 1.73. The summed E-state index contributed by atoms with van der Waals surface area (Å²) in [5.74, 6) is 0.983. The molecule has 20 heavy (non-hydrogen) atoms. The van der Waals surface area contributed by atoms with Crippen molar-refractivity contribution in [2.45, 2.75) is 13.2 Å². The maximum Gasteiger partial charge on any atom is 0.194 e. The van der Waals surface area contributed by atoms with Gasteiger partial charge in [-0.2, -0.15) is 0 Å². The van der Waals surface area contributed by atoms with Gasteiger partial charge in [-0.05, 0) is 11.1 Å². The molecular formula is C15H23N3O2. The SMILES string of the molecule is COCCOCc1ccc(CNC2=NCCN2C)cc1. The standard InChI is InChI=1S/C15H23N3O2/c1-18-8-7-16-15(18)17-11-13-3-5-14(6-4-13)12-20-10-9-19-2/h3-6H,7-12H2,1-2H3,(H,16,17). The van der Waals surface area contributed by atoms with E-state index in [2.05, 4.69) is 46.5 Å². The minimum Gasteiger partial charge on any atom is -0.382 e. The highest BCUT2D eigenvalue weighted by Crippen LogP contribution is 2.06. The number of nitrogens with zero attached hydrogens (tertiary/aromatic N) is 2. The molecule has 1 aromatic rings. The summed E-state index contributed by atoms with van der Waals surface area (Å²) < 4.78 is 10.4. The average molecular weight is 277 g/mol. The second-order valence-corrected chi connectivity index (χ2v) is 4.84. The van der Waals surface area contributed by atoms with Gasteiger partial charge in [-0.3, -0.25) is 4.99 Å². The molecule has 110 valence electrons. The lowest BCUT2D eigenvalue weighted by atomic mass is 10.1. The summed E-state index contributed by atoms with van der Waals surface area (Å²) in [6.07, 6.45) is 0. The zero-order valence-electron chi connectivity index (χ0n) is 12.3. The van der Waals surface area contributed by atoms with Gasteiger partial charge in [-0.1, -0.05) is 24.3 Å².